The average Bonchev–Trinajstić information content (AvgIpc) is 2.91. The second-order valence-corrected chi connectivity index (χ2v) is 5.90. The zero-order chi connectivity index (χ0) is 13.0. The van der Waals surface area contributed by atoms with Gasteiger partial charge in [0, 0.05) is 12.0 Å². The fourth-order valence-electron chi connectivity index (χ4n) is 2.48. The molecule has 0 bridgehead atoms. The Bertz CT molecular complexity index is 358. The van der Waals surface area contributed by atoms with Gasteiger partial charge in [-0.05, 0) is 37.8 Å². The first-order chi connectivity index (χ1) is 8.70. The Morgan fingerprint density at radius 1 is 1.39 bits per heavy atom. The topological polar surface area (TPSA) is 25.2 Å². The largest absolute Gasteiger partial charge is 0.464 e. The molecule has 102 valence electrons. The minimum absolute atomic E-state index is 0.588. The molecule has 3 atom stereocenters. The van der Waals surface area contributed by atoms with Crippen molar-refractivity contribution < 1.29 is 4.42 Å². The van der Waals surface area contributed by atoms with Crippen LogP contribution in [-0.4, -0.2) is 6.04 Å². The van der Waals surface area contributed by atoms with Gasteiger partial charge in [-0.1, -0.05) is 33.1 Å². The van der Waals surface area contributed by atoms with Crippen LogP contribution in [0.5, 0.6) is 0 Å². The van der Waals surface area contributed by atoms with Crippen LogP contribution in [0.1, 0.15) is 70.3 Å². The first-order valence-electron chi connectivity index (χ1n) is 7.52. The molecule has 0 amide bonds. The van der Waals surface area contributed by atoms with Gasteiger partial charge in [-0.3, -0.25) is 0 Å². The Kier molecular flexibility index (Phi) is 4.87. The summed E-state index contributed by atoms with van der Waals surface area (Å²) >= 11 is 0. The quantitative estimate of drug-likeness (QED) is 0.688. The van der Waals surface area contributed by atoms with E-state index in [4.69, 9.17) is 4.42 Å². The third-order valence-electron chi connectivity index (χ3n) is 4.02. The molecule has 3 unspecified atom stereocenters. The first-order valence-corrected chi connectivity index (χ1v) is 7.52. The fourth-order valence-corrected chi connectivity index (χ4v) is 2.48. The molecular formula is C16H27NO. The molecular weight excluding hydrogens is 222 g/mol. The second-order valence-electron chi connectivity index (χ2n) is 5.90. The molecule has 0 saturated heterocycles. The van der Waals surface area contributed by atoms with Crippen molar-refractivity contribution in [1.82, 2.24) is 5.32 Å². The molecule has 18 heavy (non-hydrogen) atoms. The fraction of sp³-hybridized carbons (Fsp3) is 0.750. The Morgan fingerprint density at radius 2 is 2.17 bits per heavy atom. The monoisotopic (exact) mass is 249 g/mol. The zero-order valence-corrected chi connectivity index (χ0v) is 12.0. The van der Waals surface area contributed by atoms with Crippen LogP contribution >= 0.6 is 0 Å². The van der Waals surface area contributed by atoms with Gasteiger partial charge < -0.3 is 9.73 Å². The number of furan rings is 1. The Hall–Kier alpha value is -0.760. The van der Waals surface area contributed by atoms with Crippen LogP contribution in [0.25, 0.3) is 0 Å². The molecule has 0 aromatic carbocycles. The van der Waals surface area contributed by atoms with E-state index in [9.17, 15) is 0 Å². The van der Waals surface area contributed by atoms with E-state index in [1.807, 2.05) is 0 Å². The van der Waals surface area contributed by atoms with E-state index in [1.54, 1.807) is 0 Å². The maximum absolute atomic E-state index is 5.89. The first kappa shape index (κ1) is 13.7. The smallest absolute Gasteiger partial charge is 0.117 e. The summed E-state index contributed by atoms with van der Waals surface area (Å²) in [4.78, 5) is 0. The third-order valence-corrected chi connectivity index (χ3v) is 4.02. The molecule has 1 saturated carbocycles. The van der Waals surface area contributed by atoms with E-state index < -0.39 is 0 Å². The lowest BCUT2D eigenvalue weighted by molar-refractivity contribution is 0.414. The molecule has 1 aliphatic carbocycles. The van der Waals surface area contributed by atoms with Gasteiger partial charge in [0.25, 0.3) is 0 Å². The van der Waals surface area contributed by atoms with E-state index >= 15 is 0 Å². The van der Waals surface area contributed by atoms with Crippen molar-refractivity contribution in [3.05, 3.63) is 23.7 Å². The van der Waals surface area contributed by atoms with E-state index in [0.717, 1.165) is 18.2 Å². The summed E-state index contributed by atoms with van der Waals surface area (Å²) in [5.41, 5.74) is 0. The predicted molar refractivity (Wildman–Crippen MR) is 75.7 cm³/mol. The highest BCUT2D eigenvalue weighted by molar-refractivity contribution is 5.17. The SMILES string of the molecule is CCCCCC(C)NCc1ccc(C2CC2C)o1. The van der Waals surface area contributed by atoms with Crippen molar-refractivity contribution in [1.29, 1.82) is 0 Å². The average molecular weight is 249 g/mol. The van der Waals surface area contributed by atoms with Crippen molar-refractivity contribution in [2.24, 2.45) is 5.92 Å². The number of nitrogens with one attached hydrogen (secondary N) is 1. The van der Waals surface area contributed by atoms with Crippen LogP contribution < -0.4 is 5.32 Å². The number of unbranched alkanes of at least 4 members (excludes halogenated alkanes) is 2. The van der Waals surface area contributed by atoms with E-state index in [-0.39, 0.29) is 0 Å². The Morgan fingerprint density at radius 3 is 2.83 bits per heavy atom. The van der Waals surface area contributed by atoms with Gasteiger partial charge in [0.15, 0.2) is 0 Å². The van der Waals surface area contributed by atoms with E-state index in [0.29, 0.717) is 12.0 Å². The number of hydrogen-bond donors (Lipinski definition) is 1. The highest BCUT2D eigenvalue weighted by Crippen LogP contribution is 2.47. The Labute approximate surface area is 111 Å². The Balaban J connectivity index is 1.68. The van der Waals surface area contributed by atoms with E-state index in [2.05, 4.69) is 38.2 Å². The molecule has 0 aliphatic heterocycles. The summed E-state index contributed by atoms with van der Waals surface area (Å²) in [5.74, 6) is 3.80. The van der Waals surface area contributed by atoms with Gasteiger partial charge in [0.05, 0.1) is 6.54 Å². The third kappa shape index (κ3) is 3.88. The van der Waals surface area contributed by atoms with Crippen LogP contribution in [0.4, 0.5) is 0 Å². The maximum atomic E-state index is 5.89. The van der Waals surface area contributed by atoms with Gasteiger partial charge in [0.2, 0.25) is 0 Å². The summed E-state index contributed by atoms with van der Waals surface area (Å²) in [5, 5.41) is 3.55. The van der Waals surface area contributed by atoms with Crippen LogP contribution in [-0.2, 0) is 6.54 Å². The molecule has 1 aliphatic rings. The standard InChI is InChI=1S/C16H27NO/c1-4-5-6-7-13(3)17-11-14-8-9-16(18-14)15-10-12(15)2/h8-9,12-13,15,17H,4-7,10-11H2,1-3H3. The minimum atomic E-state index is 0.588. The molecule has 0 radical (unpaired) electrons. The summed E-state index contributed by atoms with van der Waals surface area (Å²) < 4.78 is 5.89. The molecule has 1 heterocycles. The lowest BCUT2D eigenvalue weighted by atomic mass is 10.1. The van der Waals surface area contributed by atoms with Crippen LogP contribution in [0.3, 0.4) is 0 Å². The lowest BCUT2D eigenvalue weighted by Crippen LogP contribution is -2.25. The van der Waals surface area contributed by atoms with Gasteiger partial charge >= 0.3 is 0 Å². The molecule has 1 N–H and O–H groups in total. The van der Waals surface area contributed by atoms with Crippen LogP contribution in [0.2, 0.25) is 0 Å². The van der Waals surface area contributed by atoms with Gasteiger partial charge in [-0.25, -0.2) is 0 Å². The minimum Gasteiger partial charge on any atom is -0.464 e. The summed E-state index contributed by atoms with van der Waals surface area (Å²) in [6.45, 7) is 7.68. The zero-order valence-electron chi connectivity index (χ0n) is 12.0. The maximum Gasteiger partial charge on any atom is 0.117 e. The lowest BCUT2D eigenvalue weighted by Gasteiger charge is -2.12. The molecule has 1 fully saturated rings. The molecule has 1 aromatic heterocycles. The second kappa shape index (κ2) is 6.42. The number of hydrogen-bond acceptors (Lipinski definition) is 2. The van der Waals surface area contributed by atoms with Crippen molar-refractivity contribution in [3.63, 3.8) is 0 Å². The van der Waals surface area contributed by atoms with Gasteiger partial charge in [-0.2, -0.15) is 0 Å². The van der Waals surface area contributed by atoms with Gasteiger partial charge in [0.1, 0.15) is 11.5 Å². The summed E-state index contributed by atoms with van der Waals surface area (Å²) in [7, 11) is 0. The normalized spacial score (nSPS) is 24.2. The van der Waals surface area contributed by atoms with E-state index in [1.165, 1.54) is 37.9 Å². The summed E-state index contributed by atoms with van der Waals surface area (Å²) in [6.07, 6.45) is 6.53. The molecule has 2 nitrogen and oxygen atoms in total. The molecule has 1 aromatic rings. The van der Waals surface area contributed by atoms with Crippen molar-refractivity contribution in [2.75, 3.05) is 0 Å². The molecule has 2 heteroatoms. The van der Waals surface area contributed by atoms with Crippen LogP contribution in [0, 0.1) is 5.92 Å². The van der Waals surface area contributed by atoms with Crippen molar-refractivity contribution in [2.45, 2.75) is 71.4 Å². The summed E-state index contributed by atoms with van der Waals surface area (Å²) in [6, 6.07) is 4.88. The highest BCUT2D eigenvalue weighted by Gasteiger charge is 2.36. The van der Waals surface area contributed by atoms with Crippen molar-refractivity contribution >= 4 is 0 Å². The highest BCUT2D eigenvalue weighted by atomic mass is 16.3. The number of rotatable bonds is 8. The van der Waals surface area contributed by atoms with Gasteiger partial charge in [-0.15, -0.1) is 0 Å². The molecule has 2 rings (SSSR count). The molecule has 0 spiro atoms. The van der Waals surface area contributed by atoms with Crippen molar-refractivity contribution in [3.8, 4) is 0 Å². The van der Waals surface area contributed by atoms with Crippen LogP contribution in [0.15, 0.2) is 16.5 Å². The predicted octanol–water partition coefficient (Wildman–Crippen LogP) is 4.46.